The van der Waals surface area contributed by atoms with E-state index >= 15 is 0 Å². The van der Waals surface area contributed by atoms with Crippen LogP contribution < -0.4 is 16.0 Å². The monoisotopic (exact) mass is 365 g/mol. The van der Waals surface area contributed by atoms with Crippen LogP contribution in [0.1, 0.15) is 49.4 Å². The molecule has 138 valence electrons. The third-order valence-electron chi connectivity index (χ3n) is 3.51. The van der Waals surface area contributed by atoms with E-state index in [2.05, 4.69) is 22.9 Å². The first-order valence-corrected chi connectivity index (χ1v) is 8.95. The van der Waals surface area contributed by atoms with E-state index in [1.807, 2.05) is 0 Å². The van der Waals surface area contributed by atoms with Gasteiger partial charge in [-0.25, -0.2) is 0 Å². The molecule has 0 aliphatic heterocycles. The summed E-state index contributed by atoms with van der Waals surface area (Å²) in [6, 6.07) is 6.87. The summed E-state index contributed by atoms with van der Waals surface area (Å²) < 4.78 is 4.89. The molecular formula is C18H27N3O3S. The Morgan fingerprint density at radius 3 is 2.48 bits per heavy atom. The SMILES string of the molecule is CCCCCCC(=O)NC(=S)Nc1ccc(C(=O)NCCOC)cc1. The molecule has 0 spiro atoms. The summed E-state index contributed by atoms with van der Waals surface area (Å²) in [6.45, 7) is 3.06. The summed E-state index contributed by atoms with van der Waals surface area (Å²) in [5, 5.41) is 8.62. The summed E-state index contributed by atoms with van der Waals surface area (Å²) in [4.78, 5) is 23.6. The minimum Gasteiger partial charge on any atom is -0.383 e. The lowest BCUT2D eigenvalue weighted by atomic mass is 10.1. The van der Waals surface area contributed by atoms with Gasteiger partial charge in [0.05, 0.1) is 6.61 Å². The van der Waals surface area contributed by atoms with Crippen LogP contribution in [-0.2, 0) is 9.53 Å². The van der Waals surface area contributed by atoms with Gasteiger partial charge in [0.25, 0.3) is 5.91 Å². The van der Waals surface area contributed by atoms with Gasteiger partial charge < -0.3 is 20.7 Å². The van der Waals surface area contributed by atoms with Gasteiger partial charge in [-0.2, -0.15) is 0 Å². The number of anilines is 1. The summed E-state index contributed by atoms with van der Waals surface area (Å²) in [5.41, 5.74) is 1.26. The molecule has 0 radical (unpaired) electrons. The van der Waals surface area contributed by atoms with Crippen molar-refractivity contribution in [3.05, 3.63) is 29.8 Å². The van der Waals surface area contributed by atoms with Crippen LogP contribution in [0.25, 0.3) is 0 Å². The molecule has 0 saturated carbocycles. The van der Waals surface area contributed by atoms with Crippen LogP contribution in [-0.4, -0.2) is 37.2 Å². The number of nitrogens with one attached hydrogen (secondary N) is 3. The lowest BCUT2D eigenvalue weighted by molar-refractivity contribution is -0.119. The Morgan fingerprint density at radius 2 is 1.84 bits per heavy atom. The number of hydrogen-bond donors (Lipinski definition) is 3. The van der Waals surface area contributed by atoms with Crippen LogP contribution in [0.15, 0.2) is 24.3 Å². The minimum absolute atomic E-state index is 0.0808. The maximum Gasteiger partial charge on any atom is 0.251 e. The van der Waals surface area contributed by atoms with Gasteiger partial charge in [-0.15, -0.1) is 0 Å². The predicted octanol–water partition coefficient (Wildman–Crippen LogP) is 2.85. The molecule has 0 atom stereocenters. The lowest BCUT2D eigenvalue weighted by Gasteiger charge is -2.10. The van der Waals surface area contributed by atoms with Crippen molar-refractivity contribution in [3.63, 3.8) is 0 Å². The number of benzene rings is 1. The molecule has 1 aromatic carbocycles. The number of carbonyl (C=O) groups excluding carboxylic acids is 2. The molecule has 0 unspecified atom stereocenters. The van der Waals surface area contributed by atoms with E-state index in [9.17, 15) is 9.59 Å². The number of ether oxygens (including phenoxy) is 1. The molecule has 2 amide bonds. The summed E-state index contributed by atoms with van der Waals surface area (Å²) in [5.74, 6) is -0.241. The fourth-order valence-electron chi connectivity index (χ4n) is 2.14. The molecule has 0 heterocycles. The van der Waals surface area contributed by atoms with E-state index in [1.165, 1.54) is 0 Å². The van der Waals surface area contributed by atoms with Gasteiger partial charge in [0.1, 0.15) is 0 Å². The first-order chi connectivity index (χ1) is 12.1. The van der Waals surface area contributed by atoms with Crippen molar-refractivity contribution < 1.29 is 14.3 Å². The number of unbranched alkanes of at least 4 members (excludes halogenated alkanes) is 3. The van der Waals surface area contributed by atoms with Crippen LogP contribution in [0.4, 0.5) is 5.69 Å². The van der Waals surface area contributed by atoms with E-state index < -0.39 is 0 Å². The van der Waals surface area contributed by atoms with Gasteiger partial charge in [-0.05, 0) is 42.9 Å². The third kappa shape index (κ3) is 9.16. The molecule has 0 bridgehead atoms. The molecule has 1 rings (SSSR count). The second-order valence-electron chi connectivity index (χ2n) is 5.64. The number of hydrogen-bond acceptors (Lipinski definition) is 4. The van der Waals surface area contributed by atoms with Crippen LogP contribution in [0.5, 0.6) is 0 Å². The zero-order chi connectivity index (χ0) is 18.5. The summed E-state index contributed by atoms with van der Waals surface area (Å²) in [6.07, 6.45) is 4.68. The highest BCUT2D eigenvalue weighted by Gasteiger charge is 2.07. The first kappa shape index (κ1) is 21.1. The maximum atomic E-state index is 11.9. The average Bonchev–Trinajstić information content (AvgIpc) is 2.59. The van der Waals surface area contributed by atoms with Crippen molar-refractivity contribution in [2.24, 2.45) is 0 Å². The van der Waals surface area contributed by atoms with Crippen LogP contribution in [0.3, 0.4) is 0 Å². The van der Waals surface area contributed by atoms with Gasteiger partial charge in [0.2, 0.25) is 5.91 Å². The molecule has 0 aliphatic carbocycles. The van der Waals surface area contributed by atoms with Crippen LogP contribution in [0.2, 0.25) is 0 Å². The number of carbonyl (C=O) groups is 2. The lowest BCUT2D eigenvalue weighted by Crippen LogP contribution is -2.33. The number of amides is 2. The van der Waals surface area contributed by atoms with E-state index in [4.69, 9.17) is 17.0 Å². The summed E-state index contributed by atoms with van der Waals surface area (Å²) in [7, 11) is 1.58. The number of thiocarbonyl (C=S) groups is 1. The molecule has 7 heteroatoms. The smallest absolute Gasteiger partial charge is 0.251 e. The van der Waals surface area contributed by atoms with Gasteiger partial charge in [0, 0.05) is 31.3 Å². The van der Waals surface area contributed by atoms with E-state index in [0.29, 0.717) is 30.8 Å². The number of methoxy groups -OCH3 is 1. The molecule has 3 N–H and O–H groups in total. The van der Waals surface area contributed by atoms with Gasteiger partial charge in [-0.3, -0.25) is 9.59 Å². The van der Waals surface area contributed by atoms with E-state index in [1.54, 1.807) is 31.4 Å². The van der Waals surface area contributed by atoms with Crippen molar-refractivity contribution in [3.8, 4) is 0 Å². The Balaban J connectivity index is 2.37. The topological polar surface area (TPSA) is 79.5 Å². The quantitative estimate of drug-likeness (QED) is 0.439. The molecule has 25 heavy (non-hydrogen) atoms. The first-order valence-electron chi connectivity index (χ1n) is 8.54. The van der Waals surface area contributed by atoms with Crippen LogP contribution in [0, 0.1) is 0 Å². The normalized spacial score (nSPS) is 10.2. The Hall–Kier alpha value is -1.99. The fourth-order valence-corrected chi connectivity index (χ4v) is 2.37. The molecule has 0 fully saturated rings. The highest BCUT2D eigenvalue weighted by molar-refractivity contribution is 7.80. The average molecular weight is 365 g/mol. The highest BCUT2D eigenvalue weighted by Crippen LogP contribution is 2.09. The largest absolute Gasteiger partial charge is 0.383 e. The van der Waals surface area contributed by atoms with Crippen molar-refractivity contribution in [1.29, 1.82) is 0 Å². The fraction of sp³-hybridized carbons (Fsp3) is 0.500. The second-order valence-corrected chi connectivity index (χ2v) is 6.05. The molecular weight excluding hydrogens is 338 g/mol. The Labute approximate surface area is 154 Å². The molecule has 1 aromatic rings. The van der Waals surface area contributed by atoms with E-state index in [-0.39, 0.29) is 16.9 Å². The van der Waals surface area contributed by atoms with Gasteiger partial charge >= 0.3 is 0 Å². The Kier molecular flexibility index (Phi) is 10.4. The van der Waals surface area contributed by atoms with E-state index in [0.717, 1.165) is 25.7 Å². The standard InChI is InChI=1S/C18H27N3O3S/c1-3-4-5-6-7-16(22)21-18(25)20-15-10-8-14(9-11-15)17(23)19-12-13-24-2/h8-11H,3-7,12-13H2,1-2H3,(H,19,23)(H2,20,21,22,25). The highest BCUT2D eigenvalue weighted by atomic mass is 32.1. The zero-order valence-electron chi connectivity index (χ0n) is 14.9. The zero-order valence-corrected chi connectivity index (χ0v) is 15.7. The third-order valence-corrected chi connectivity index (χ3v) is 3.71. The predicted molar refractivity (Wildman–Crippen MR) is 104 cm³/mol. The second kappa shape index (κ2) is 12.4. The Morgan fingerprint density at radius 1 is 1.12 bits per heavy atom. The molecule has 0 aromatic heterocycles. The molecule has 0 saturated heterocycles. The van der Waals surface area contributed by atoms with Gasteiger partial charge in [0.15, 0.2) is 5.11 Å². The van der Waals surface area contributed by atoms with Crippen molar-refractivity contribution in [2.75, 3.05) is 25.6 Å². The van der Waals surface area contributed by atoms with Crippen LogP contribution >= 0.6 is 12.2 Å². The van der Waals surface area contributed by atoms with Crippen molar-refractivity contribution in [1.82, 2.24) is 10.6 Å². The molecule has 0 aliphatic rings. The molecule has 6 nitrogen and oxygen atoms in total. The minimum atomic E-state index is -0.161. The van der Waals surface area contributed by atoms with Crippen molar-refractivity contribution >= 4 is 34.8 Å². The number of rotatable bonds is 10. The van der Waals surface area contributed by atoms with Gasteiger partial charge in [-0.1, -0.05) is 26.2 Å². The van der Waals surface area contributed by atoms with Crippen molar-refractivity contribution in [2.45, 2.75) is 39.0 Å². The summed E-state index contributed by atoms with van der Waals surface area (Å²) >= 11 is 5.13. The maximum absolute atomic E-state index is 11.9. The Bertz CT molecular complexity index is 561.